The number of sulfone groups is 1. The summed E-state index contributed by atoms with van der Waals surface area (Å²) >= 11 is 0. The smallest absolute Gasteiger partial charge is 0.195 e. The van der Waals surface area contributed by atoms with E-state index in [4.69, 9.17) is 5.26 Å². The Morgan fingerprint density at radius 3 is 2.06 bits per heavy atom. The molecule has 0 aliphatic rings. The first-order valence-electron chi connectivity index (χ1n) is 4.98. The largest absolute Gasteiger partial charge is 0.222 e. The molecule has 1 rings (SSSR count). The predicted octanol–water partition coefficient (Wildman–Crippen LogP) is 2.40. The van der Waals surface area contributed by atoms with Crippen molar-refractivity contribution in [2.45, 2.75) is 30.9 Å². The SMILES string of the molecule is CC(C)(C)C(C#N)S(=O)(=O)c1ccccc1. The van der Waals surface area contributed by atoms with E-state index in [1.54, 1.807) is 39.0 Å². The van der Waals surface area contributed by atoms with Gasteiger partial charge in [0.1, 0.15) is 0 Å². The lowest BCUT2D eigenvalue weighted by Gasteiger charge is -2.24. The van der Waals surface area contributed by atoms with Crippen molar-refractivity contribution < 1.29 is 8.42 Å². The summed E-state index contributed by atoms with van der Waals surface area (Å²) in [6.45, 7) is 5.25. The van der Waals surface area contributed by atoms with Crippen molar-refractivity contribution in [1.29, 1.82) is 5.26 Å². The van der Waals surface area contributed by atoms with Gasteiger partial charge >= 0.3 is 0 Å². The van der Waals surface area contributed by atoms with Crippen molar-refractivity contribution >= 4 is 9.84 Å². The van der Waals surface area contributed by atoms with Crippen LogP contribution in [-0.2, 0) is 9.84 Å². The Morgan fingerprint density at radius 1 is 1.19 bits per heavy atom. The molecule has 0 saturated heterocycles. The average molecular weight is 237 g/mol. The fraction of sp³-hybridized carbons (Fsp3) is 0.417. The second-order valence-electron chi connectivity index (χ2n) is 4.73. The number of hydrogen-bond acceptors (Lipinski definition) is 3. The highest BCUT2D eigenvalue weighted by Gasteiger charge is 2.37. The van der Waals surface area contributed by atoms with Crippen molar-refractivity contribution in [3.8, 4) is 6.07 Å². The topological polar surface area (TPSA) is 57.9 Å². The predicted molar refractivity (Wildman–Crippen MR) is 62.5 cm³/mol. The molecule has 0 heterocycles. The Bertz CT molecular complexity index is 492. The van der Waals surface area contributed by atoms with E-state index in [-0.39, 0.29) is 4.90 Å². The first kappa shape index (κ1) is 12.7. The van der Waals surface area contributed by atoms with Crippen LogP contribution in [0.2, 0.25) is 0 Å². The third kappa shape index (κ3) is 2.42. The minimum atomic E-state index is -3.57. The van der Waals surface area contributed by atoms with E-state index in [2.05, 4.69) is 0 Å². The van der Waals surface area contributed by atoms with Gasteiger partial charge in [0.05, 0.1) is 11.0 Å². The number of nitriles is 1. The Hall–Kier alpha value is -1.34. The van der Waals surface area contributed by atoms with Crippen LogP contribution in [0, 0.1) is 16.7 Å². The first-order valence-corrected chi connectivity index (χ1v) is 6.53. The van der Waals surface area contributed by atoms with E-state index in [0.29, 0.717) is 0 Å². The minimum Gasteiger partial charge on any atom is -0.222 e. The van der Waals surface area contributed by atoms with Crippen LogP contribution in [0.5, 0.6) is 0 Å². The summed E-state index contributed by atoms with van der Waals surface area (Å²) in [5.74, 6) is 0. The van der Waals surface area contributed by atoms with Crippen LogP contribution in [0.1, 0.15) is 20.8 Å². The van der Waals surface area contributed by atoms with Crippen LogP contribution >= 0.6 is 0 Å². The first-order chi connectivity index (χ1) is 7.30. The molecule has 0 saturated carbocycles. The highest BCUT2D eigenvalue weighted by atomic mass is 32.2. The lowest BCUT2D eigenvalue weighted by Crippen LogP contribution is -2.33. The molecule has 3 nitrogen and oxygen atoms in total. The molecule has 0 amide bonds. The molecule has 0 fully saturated rings. The molecule has 16 heavy (non-hydrogen) atoms. The molecule has 0 radical (unpaired) electrons. The van der Waals surface area contributed by atoms with Crippen molar-refractivity contribution in [3.63, 3.8) is 0 Å². The maximum Gasteiger partial charge on any atom is 0.195 e. The molecular formula is C12H15NO2S. The third-order valence-electron chi connectivity index (χ3n) is 2.29. The summed E-state index contributed by atoms with van der Waals surface area (Å²) in [7, 11) is -3.57. The Balaban J connectivity index is 3.28. The standard InChI is InChI=1S/C12H15NO2S/c1-12(2,3)11(9-13)16(14,15)10-7-5-4-6-8-10/h4-8,11H,1-3H3. The summed E-state index contributed by atoms with van der Waals surface area (Å²) in [4.78, 5) is 0.205. The monoisotopic (exact) mass is 237 g/mol. The summed E-state index contributed by atoms with van der Waals surface area (Å²) in [6.07, 6.45) is 0. The zero-order valence-corrected chi connectivity index (χ0v) is 10.5. The molecule has 4 heteroatoms. The molecule has 1 unspecified atom stereocenters. The maximum absolute atomic E-state index is 12.2. The van der Waals surface area contributed by atoms with Crippen LogP contribution in [0.3, 0.4) is 0 Å². The number of hydrogen-bond donors (Lipinski definition) is 0. The van der Waals surface area contributed by atoms with Gasteiger partial charge in [0.15, 0.2) is 15.1 Å². The van der Waals surface area contributed by atoms with E-state index < -0.39 is 20.5 Å². The van der Waals surface area contributed by atoms with E-state index in [9.17, 15) is 8.42 Å². The van der Waals surface area contributed by atoms with Crippen LogP contribution in [0.15, 0.2) is 35.2 Å². The highest BCUT2D eigenvalue weighted by Crippen LogP contribution is 2.29. The zero-order valence-electron chi connectivity index (χ0n) is 9.64. The fourth-order valence-electron chi connectivity index (χ4n) is 1.47. The molecule has 0 bridgehead atoms. The Kier molecular flexibility index (Phi) is 3.39. The summed E-state index contributed by atoms with van der Waals surface area (Å²) < 4.78 is 24.4. The maximum atomic E-state index is 12.2. The van der Waals surface area contributed by atoms with Gasteiger partial charge < -0.3 is 0 Å². The van der Waals surface area contributed by atoms with Gasteiger partial charge in [-0.3, -0.25) is 0 Å². The Labute approximate surface area is 96.6 Å². The van der Waals surface area contributed by atoms with Crippen molar-refractivity contribution in [1.82, 2.24) is 0 Å². The molecule has 0 aromatic heterocycles. The van der Waals surface area contributed by atoms with Crippen LogP contribution in [0.4, 0.5) is 0 Å². The van der Waals surface area contributed by atoms with Crippen molar-refractivity contribution in [3.05, 3.63) is 30.3 Å². The highest BCUT2D eigenvalue weighted by molar-refractivity contribution is 7.92. The number of nitrogens with zero attached hydrogens (tertiary/aromatic N) is 1. The zero-order chi connectivity index (χ0) is 12.4. The summed E-state index contributed by atoms with van der Waals surface area (Å²) in [5, 5.41) is 8.00. The normalized spacial score (nSPS) is 14.1. The van der Waals surface area contributed by atoms with Crippen molar-refractivity contribution in [2.75, 3.05) is 0 Å². The fourth-order valence-corrected chi connectivity index (χ4v) is 3.35. The van der Waals surface area contributed by atoms with E-state index in [1.165, 1.54) is 12.1 Å². The lowest BCUT2D eigenvalue weighted by atomic mass is 9.93. The third-order valence-corrected chi connectivity index (χ3v) is 4.65. The van der Waals surface area contributed by atoms with Gasteiger partial charge in [-0.15, -0.1) is 0 Å². The molecule has 0 spiro atoms. The Morgan fingerprint density at radius 2 is 1.69 bits per heavy atom. The van der Waals surface area contributed by atoms with Gasteiger partial charge in [-0.1, -0.05) is 39.0 Å². The number of rotatable bonds is 2. The van der Waals surface area contributed by atoms with Gasteiger partial charge in [0, 0.05) is 0 Å². The van der Waals surface area contributed by atoms with Crippen molar-refractivity contribution in [2.24, 2.45) is 5.41 Å². The molecule has 1 aromatic carbocycles. The van der Waals surface area contributed by atoms with Gasteiger partial charge in [-0.2, -0.15) is 5.26 Å². The molecule has 0 aliphatic heterocycles. The molecule has 0 N–H and O–H groups in total. The molecular weight excluding hydrogens is 222 g/mol. The molecule has 0 aliphatic carbocycles. The molecule has 1 aromatic rings. The van der Waals surface area contributed by atoms with Crippen LogP contribution in [0.25, 0.3) is 0 Å². The van der Waals surface area contributed by atoms with Crippen LogP contribution in [-0.4, -0.2) is 13.7 Å². The van der Waals surface area contributed by atoms with Gasteiger partial charge in [0.2, 0.25) is 0 Å². The van der Waals surface area contributed by atoms with E-state index in [1.807, 2.05) is 6.07 Å². The lowest BCUT2D eigenvalue weighted by molar-refractivity contribution is 0.418. The van der Waals surface area contributed by atoms with Crippen LogP contribution < -0.4 is 0 Å². The summed E-state index contributed by atoms with van der Waals surface area (Å²) in [5.41, 5.74) is -0.594. The molecule has 86 valence electrons. The van der Waals surface area contributed by atoms with Gasteiger partial charge in [-0.25, -0.2) is 8.42 Å². The second kappa shape index (κ2) is 4.26. The number of benzene rings is 1. The summed E-state index contributed by atoms with van der Waals surface area (Å²) in [6, 6.07) is 9.99. The van der Waals surface area contributed by atoms with Gasteiger partial charge in [0.25, 0.3) is 0 Å². The van der Waals surface area contributed by atoms with Gasteiger partial charge in [-0.05, 0) is 17.5 Å². The molecule has 1 atom stereocenters. The minimum absolute atomic E-state index is 0.205. The van der Waals surface area contributed by atoms with E-state index in [0.717, 1.165) is 0 Å². The second-order valence-corrected chi connectivity index (χ2v) is 6.77. The average Bonchev–Trinajstić information content (AvgIpc) is 2.17. The quantitative estimate of drug-likeness (QED) is 0.793. The van der Waals surface area contributed by atoms with E-state index >= 15 is 0 Å².